The van der Waals surface area contributed by atoms with E-state index in [0.29, 0.717) is 12.2 Å². The fourth-order valence-corrected chi connectivity index (χ4v) is 0.569. The Bertz CT molecular complexity index is 163. The molecule has 0 aliphatic carbocycles. The summed E-state index contributed by atoms with van der Waals surface area (Å²) in [7, 11) is 0. The Kier molecular flexibility index (Phi) is 5.37. The highest BCUT2D eigenvalue weighted by Gasteiger charge is 2.08. The van der Waals surface area contributed by atoms with Crippen molar-refractivity contribution in [1.29, 1.82) is 0 Å². The van der Waals surface area contributed by atoms with Crippen molar-refractivity contribution in [1.82, 2.24) is 0 Å². The van der Waals surface area contributed by atoms with Gasteiger partial charge in [0.05, 0.1) is 6.61 Å². The smallest absolute Gasteiger partial charge is 0.335 e. The Morgan fingerprint density at radius 3 is 2.58 bits per heavy atom. The van der Waals surface area contributed by atoms with Crippen LogP contribution in [0.4, 0.5) is 0 Å². The first-order chi connectivity index (χ1) is 5.57. The van der Waals surface area contributed by atoms with Crippen LogP contribution in [0.1, 0.15) is 27.2 Å². The van der Waals surface area contributed by atoms with Gasteiger partial charge in [0, 0.05) is 5.57 Å². The van der Waals surface area contributed by atoms with Gasteiger partial charge in [-0.25, -0.2) is 4.79 Å². The summed E-state index contributed by atoms with van der Waals surface area (Å²) in [4.78, 5) is 10.9. The number of ether oxygens (including phenoxy) is 2. The molecule has 0 aromatic heterocycles. The molecule has 0 radical (unpaired) electrons. The Labute approximate surface area is 73.4 Å². The molecule has 0 saturated heterocycles. The summed E-state index contributed by atoms with van der Waals surface area (Å²) < 4.78 is 9.98. The van der Waals surface area contributed by atoms with E-state index < -0.39 is 12.3 Å². The Morgan fingerprint density at radius 2 is 2.17 bits per heavy atom. The predicted octanol–water partition coefficient (Wildman–Crippen LogP) is 1.88. The third-order valence-corrected chi connectivity index (χ3v) is 1.18. The summed E-state index contributed by atoms with van der Waals surface area (Å²) in [6.45, 7) is 9.35. The zero-order valence-electron chi connectivity index (χ0n) is 7.92. The number of esters is 1. The van der Waals surface area contributed by atoms with Crippen molar-refractivity contribution in [2.75, 3.05) is 6.61 Å². The molecule has 0 amide bonds. The molecule has 0 aromatic carbocycles. The molecule has 0 fully saturated rings. The average Bonchev–Trinajstić information content (AvgIpc) is 2.00. The maximum Gasteiger partial charge on any atom is 0.335 e. The second kappa shape index (κ2) is 5.77. The molecule has 0 saturated carbocycles. The zero-order valence-corrected chi connectivity index (χ0v) is 7.92. The Morgan fingerprint density at radius 1 is 1.58 bits per heavy atom. The first kappa shape index (κ1) is 11.2. The number of rotatable bonds is 5. The molecule has 0 aromatic rings. The SMILES string of the molecule is C=C(C)C(=O)OC(C)OCCC. The largest absolute Gasteiger partial charge is 0.433 e. The summed E-state index contributed by atoms with van der Waals surface area (Å²) >= 11 is 0. The van der Waals surface area contributed by atoms with E-state index in [4.69, 9.17) is 9.47 Å². The molecule has 0 aliphatic heterocycles. The summed E-state index contributed by atoms with van der Waals surface area (Å²) in [5.74, 6) is -0.404. The maximum absolute atomic E-state index is 10.9. The lowest BCUT2D eigenvalue weighted by molar-refractivity contribution is -0.169. The van der Waals surface area contributed by atoms with Crippen LogP contribution >= 0.6 is 0 Å². The van der Waals surface area contributed by atoms with Crippen LogP contribution in [0.5, 0.6) is 0 Å². The molecular weight excluding hydrogens is 156 g/mol. The minimum atomic E-state index is -0.478. The quantitative estimate of drug-likeness (QED) is 0.361. The first-order valence-electron chi connectivity index (χ1n) is 4.06. The molecule has 0 heterocycles. The van der Waals surface area contributed by atoms with Gasteiger partial charge >= 0.3 is 5.97 Å². The standard InChI is InChI=1S/C9H16O3/c1-5-6-11-8(4)12-9(10)7(2)3/h8H,2,5-6H2,1,3-4H3. The Hall–Kier alpha value is -0.830. The van der Waals surface area contributed by atoms with Gasteiger partial charge in [-0.2, -0.15) is 0 Å². The monoisotopic (exact) mass is 172 g/mol. The Balaban J connectivity index is 3.61. The van der Waals surface area contributed by atoms with Crippen LogP contribution in [0, 0.1) is 0 Å². The summed E-state index contributed by atoms with van der Waals surface area (Å²) in [5.41, 5.74) is 0.391. The topological polar surface area (TPSA) is 35.5 Å². The van der Waals surface area contributed by atoms with Crippen LogP contribution < -0.4 is 0 Å². The van der Waals surface area contributed by atoms with E-state index in [1.807, 2.05) is 6.92 Å². The highest BCUT2D eigenvalue weighted by Crippen LogP contribution is 1.99. The predicted molar refractivity (Wildman–Crippen MR) is 46.6 cm³/mol. The van der Waals surface area contributed by atoms with Gasteiger partial charge in [-0.1, -0.05) is 13.5 Å². The van der Waals surface area contributed by atoms with E-state index in [1.165, 1.54) is 0 Å². The van der Waals surface area contributed by atoms with E-state index in [-0.39, 0.29) is 0 Å². The zero-order chi connectivity index (χ0) is 9.56. The van der Waals surface area contributed by atoms with Crippen LogP contribution in [0.3, 0.4) is 0 Å². The van der Waals surface area contributed by atoms with Crippen LogP contribution in [0.2, 0.25) is 0 Å². The lowest BCUT2D eigenvalue weighted by atomic mass is 10.4. The molecule has 0 N–H and O–H groups in total. The van der Waals surface area contributed by atoms with Crippen molar-refractivity contribution in [3.8, 4) is 0 Å². The molecule has 0 rings (SSSR count). The van der Waals surface area contributed by atoms with E-state index in [0.717, 1.165) is 6.42 Å². The molecule has 70 valence electrons. The van der Waals surface area contributed by atoms with Crippen LogP contribution in [0.25, 0.3) is 0 Å². The van der Waals surface area contributed by atoms with Gasteiger partial charge in [-0.15, -0.1) is 0 Å². The van der Waals surface area contributed by atoms with Gasteiger partial charge in [-0.05, 0) is 20.3 Å². The highest BCUT2D eigenvalue weighted by atomic mass is 16.7. The van der Waals surface area contributed by atoms with Crippen molar-refractivity contribution < 1.29 is 14.3 Å². The molecule has 1 unspecified atom stereocenters. The molecule has 12 heavy (non-hydrogen) atoms. The fraction of sp³-hybridized carbons (Fsp3) is 0.667. The molecule has 0 bridgehead atoms. The third kappa shape index (κ3) is 4.91. The molecular formula is C9H16O3. The third-order valence-electron chi connectivity index (χ3n) is 1.18. The molecule has 3 nitrogen and oxygen atoms in total. The van der Waals surface area contributed by atoms with Crippen molar-refractivity contribution in [2.45, 2.75) is 33.5 Å². The van der Waals surface area contributed by atoms with Crippen LogP contribution in [0.15, 0.2) is 12.2 Å². The average molecular weight is 172 g/mol. The highest BCUT2D eigenvalue weighted by molar-refractivity contribution is 5.86. The second-order valence-corrected chi connectivity index (χ2v) is 2.62. The van der Waals surface area contributed by atoms with Gasteiger partial charge in [0.15, 0.2) is 6.29 Å². The van der Waals surface area contributed by atoms with Crippen molar-refractivity contribution in [2.24, 2.45) is 0 Å². The molecule has 1 atom stereocenters. The summed E-state index contributed by atoms with van der Waals surface area (Å²) in [6, 6.07) is 0. The van der Waals surface area contributed by atoms with E-state index in [9.17, 15) is 4.79 Å². The minimum absolute atomic E-state index is 0.391. The van der Waals surface area contributed by atoms with E-state index in [2.05, 4.69) is 6.58 Å². The van der Waals surface area contributed by atoms with Gasteiger partial charge in [0.1, 0.15) is 0 Å². The number of hydrogen-bond donors (Lipinski definition) is 0. The number of carbonyl (C=O) groups is 1. The van der Waals surface area contributed by atoms with Crippen molar-refractivity contribution in [3.05, 3.63) is 12.2 Å². The van der Waals surface area contributed by atoms with E-state index in [1.54, 1.807) is 13.8 Å². The van der Waals surface area contributed by atoms with Crippen LogP contribution in [-0.2, 0) is 14.3 Å². The first-order valence-corrected chi connectivity index (χ1v) is 4.06. The van der Waals surface area contributed by atoms with Gasteiger partial charge < -0.3 is 9.47 Å². The van der Waals surface area contributed by atoms with Crippen molar-refractivity contribution in [3.63, 3.8) is 0 Å². The normalized spacial score (nSPS) is 12.2. The fourth-order valence-electron chi connectivity index (χ4n) is 0.569. The van der Waals surface area contributed by atoms with Gasteiger partial charge in [-0.3, -0.25) is 0 Å². The number of carbonyl (C=O) groups excluding carboxylic acids is 1. The number of hydrogen-bond acceptors (Lipinski definition) is 3. The van der Waals surface area contributed by atoms with Crippen LogP contribution in [-0.4, -0.2) is 18.9 Å². The van der Waals surface area contributed by atoms with E-state index >= 15 is 0 Å². The maximum atomic E-state index is 10.9. The second-order valence-electron chi connectivity index (χ2n) is 2.62. The lowest BCUT2D eigenvalue weighted by Gasteiger charge is -2.12. The van der Waals surface area contributed by atoms with Gasteiger partial charge in [0.2, 0.25) is 0 Å². The van der Waals surface area contributed by atoms with Crippen molar-refractivity contribution >= 4 is 5.97 Å². The molecule has 0 spiro atoms. The van der Waals surface area contributed by atoms with Gasteiger partial charge in [0.25, 0.3) is 0 Å². The summed E-state index contributed by atoms with van der Waals surface area (Å²) in [6.07, 6.45) is 0.434. The minimum Gasteiger partial charge on any atom is -0.433 e. The lowest BCUT2D eigenvalue weighted by Crippen LogP contribution is -2.18. The molecule has 3 heteroatoms. The molecule has 0 aliphatic rings. The summed E-state index contributed by atoms with van der Waals surface area (Å²) in [5, 5.41) is 0.